The van der Waals surface area contributed by atoms with Gasteiger partial charge in [0.05, 0.1) is 5.69 Å². The zero-order valence-electron chi connectivity index (χ0n) is 11.6. The Morgan fingerprint density at radius 2 is 1.86 bits per heavy atom. The SMILES string of the molecule is CCN(CC)c1nc(Cl)nc(Nc2ccc(Cl)cc2Br)n1. The summed E-state index contributed by atoms with van der Waals surface area (Å²) in [5, 5.41) is 3.90. The molecule has 21 heavy (non-hydrogen) atoms. The Hall–Kier alpha value is -1.11. The summed E-state index contributed by atoms with van der Waals surface area (Å²) in [7, 11) is 0. The predicted molar refractivity (Wildman–Crippen MR) is 90.8 cm³/mol. The van der Waals surface area contributed by atoms with Crippen LogP contribution in [0, 0.1) is 0 Å². The molecule has 112 valence electrons. The Morgan fingerprint density at radius 3 is 2.48 bits per heavy atom. The van der Waals surface area contributed by atoms with Crippen LogP contribution in [0.5, 0.6) is 0 Å². The van der Waals surface area contributed by atoms with Crippen LogP contribution in [-0.4, -0.2) is 28.0 Å². The third-order valence-electron chi connectivity index (χ3n) is 2.82. The van der Waals surface area contributed by atoms with Gasteiger partial charge in [-0.15, -0.1) is 0 Å². The maximum absolute atomic E-state index is 5.98. The molecule has 8 heteroatoms. The van der Waals surface area contributed by atoms with Gasteiger partial charge in [0.1, 0.15) is 0 Å². The van der Waals surface area contributed by atoms with Crippen molar-refractivity contribution < 1.29 is 0 Å². The second-order valence-electron chi connectivity index (χ2n) is 4.15. The van der Waals surface area contributed by atoms with E-state index in [4.69, 9.17) is 23.2 Å². The van der Waals surface area contributed by atoms with E-state index >= 15 is 0 Å². The number of aromatic nitrogens is 3. The molecule has 0 aliphatic carbocycles. The van der Waals surface area contributed by atoms with Gasteiger partial charge in [0.15, 0.2) is 0 Å². The normalized spacial score (nSPS) is 10.5. The Bertz CT molecular complexity index is 634. The van der Waals surface area contributed by atoms with E-state index in [0.717, 1.165) is 23.2 Å². The molecule has 1 heterocycles. The molecule has 0 unspecified atom stereocenters. The molecule has 2 aromatic rings. The van der Waals surface area contributed by atoms with E-state index in [2.05, 4.69) is 36.2 Å². The van der Waals surface area contributed by atoms with Crippen LogP contribution in [0.25, 0.3) is 0 Å². The number of nitrogens with one attached hydrogen (secondary N) is 1. The highest BCUT2D eigenvalue weighted by Crippen LogP contribution is 2.28. The summed E-state index contributed by atoms with van der Waals surface area (Å²) in [6, 6.07) is 5.40. The molecule has 0 radical (unpaired) electrons. The fraction of sp³-hybridized carbons (Fsp3) is 0.308. The molecule has 0 fully saturated rings. The van der Waals surface area contributed by atoms with Gasteiger partial charge in [-0.3, -0.25) is 0 Å². The molecule has 0 aliphatic rings. The number of halogens is 3. The van der Waals surface area contributed by atoms with E-state index in [1.165, 1.54) is 0 Å². The van der Waals surface area contributed by atoms with Gasteiger partial charge in [-0.05, 0) is 59.6 Å². The molecule has 0 spiro atoms. The van der Waals surface area contributed by atoms with Crippen molar-refractivity contribution in [2.75, 3.05) is 23.3 Å². The molecular formula is C13H14BrCl2N5. The second kappa shape index (κ2) is 7.24. The fourth-order valence-electron chi connectivity index (χ4n) is 1.75. The summed E-state index contributed by atoms with van der Waals surface area (Å²) in [5.74, 6) is 0.938. The van der Waals surface area contributed by atoms with E-state index in [1.54, 1.807) is 12.1 Å². The first kappa shape index (κ1) is 16.3. The summed E-state index contributed by atoms with van der Waals surface area (Å²) >= 11 is 15.3. The van der Waals surface area contributed by atoms with E-state index in [1.807, 2.05) is 24.8 Å². The number of nitrogens with zero attached hydrogens (tertiary/aromatic N) is 4. The quantitative estimate of drug-likeness (QED) is 0.812. The molecule has 1 aromatic carbocycles. The van der Waals surface area contributed by atoms with Crippen molar-refractivity contribution in [3.05, 3.63) is 33.0 Å². The molecule has 2 rings (SSSR count). The van der Waals surface area contributed by atoms with Gasteiger partial charge >= 0.3 is 0 Å². The van der Waals surface area contributed by atoms with Crippen molar-refractivity contribution >= 4 is 56.7 Å². The van der Waals surface area contributed by atoms with Crippen LogP contribution >= 0.6 is 39.1 Å². The Labute approximate surface area is 141 Å². The average Bonchev–Trinajstić information content (AvgIpc) is 2.43. The highest BCUT2D eigenvalue weighted by atomic mass is 79.9. The summed E-state index contributed by atoms with van der Waals surface area (Å²) in [6.07, 6.45) is 0. The summed E-state index contributed by atoms with van der Waals surface area (Å²) in [5.41, 5.74) is 0.798. The van der Waals surface area contributed by atoms with Crippen LogP contribution in [0.1, 0.15) is 13.8 Å². The molecule has 1 aromatic heterocycles. The van der Waals surface area contributed by atoms with Gasteiger partial charge in [-0.2, -0.15) is 15.0 Å². The van der Waals surface area contributed by atoms with Crippen molar-refractivity contribution in [3.63, 3.8) is 0 Å². The van der Waals surface area contributed by atoms with Gasteiger partial charge < -0.3 is 10.2 Å². The number of hydrogen-bond donors (Lipinski definition) is 1. The van der Waals surface area contributed by atoms with Crippen molar-refractivity contribution in [1.29, 1.82) is 0 Å². The van der Waals surface area contributed by atoms with Crippen molar-refractivity contribution in [3.8, 4) is 0 Å². The standard InChI is InChI=1S/C13H14BrCl2N5/c1-3-21(4-2)13-19-11(16)18-12(20-13)17-10-6-5-8(15)7-9(10)14/h5-7H,3-4H2,1-2H3,(H,17,18,19,20). The van der Waals surface area contributed by atoms with Crippen LogP contribution in [0.4, 0.5) is 17.6 Å². The van der Waals surface area contributed by atoms with Gasteiger partial charge in [0.25, 0.3) is 0 Å². The van der Waals surface area contributed by atoms with Crippen molar-refractivity contribution in [2.45, 2.75) is 13.8 Å². The highest BCUT2D eigenvalue weighted by Gasteiger charge is 2.11. The Balaban J connectivity index is 2.31. The second-order valence-corrected chi connectivity index (χ2v) is 5.78. The molecule has 0 bridgehead atoms. The van der Waals surface area contributed by atoms with Crippen molar-refractivity contribution in [1.82, 2.24) is 15.0 Å². The number of benzene rings is 1. The number of hydrogen-bond acceptors (Lipinski definition) is 5. The number of anilines is 3. The maximum atomic E-state index is 5.98. The highest BCUT2D eigenvalue weighted by molar-refractivity contribution is 9.10. The van der Waals surface area contributed by atoms with E-state index in [9.17, 15) is 0 Å². The monoisotopic (exact) mass is 389 g/mol. The van der Waals surface area contributed by atoms with Gasteiger partial charge in [0, 0.05) is 22.6 Å². The largest absolute Gasteiger partial charge is 0.341 e. The maximum Gasteiger partial charge on any atom is 0.233 e. The summed E-state index contributed by atoms with van der Waals surface area (Å²) in [6.45, 7) is 5.65. The molecule has 0 amide bonds. The molecule has 5 nitrogen and oxygen atoms in total. The summed E-state index contributed by atoms with van der Waals surface area (Å²) in [4.78, 5) is 14.6. The topological polar surface area (TPSA) is 53.9 Å². The minimum absolute atomic E-state index is 0.152. The average molecular weight is 391 g/mol. The first-order valence-electron chi connectivity index (χ1n) is 6.42. The Kier molecular flexibility index (Phi) is 5.61. The third-order valence-corrected chi connectivity index (χ3v) is 3.88. The minimum atomic E-state index is 0.152. The van der Waals surface area contributed by atoms with E-state index < -0.39 is 0 Å². The lowest BCUT2D eigenvalue weighted by Gasteiger charge is -2.19. The van der Waals surface area contributed by atoms with Crippen LogP contribution in [0.2, 0.25) is 10.3 Å². The van der Waals surface area contributed by atoms with Crippen LogP contribution in [0.15, 0.2) is 22.7 Å². The summed E-state index contributed by atoms with van der Waals surface area (Å²) < 4.78 is 0.816. The predicted octanol–water partition coefficient (Wildman–Crippen LogP) is 4.53. The van der Waals surface area contributed by atoms with Gasteiger partial charge in [-0.25, -0.2) is 0 Å². The lowest BCUT2D eigenvalue weighted by atomic mass is 10.3. The van der Waals surface area contributed by atoms with E-state index in [-0.39, 0.29) is 5.28 Å². The lowest BCUT2D eigenvalue weighted by Crippen LogP contribution is -2.24. The van der Waals surface area contributed by atoms with Crippen LogP contribution in [-0.2, 0) is 0 Å². The van der Waals surface area contributed by atoms with E-state index in [0.29, 0.717) is 16.9 Å². The smallest absolute Gasteiger partial charge is 0.233 e. The zero-order chi connectivity index (χ0) is 15.4. The Morgan fingerprint density at radius 1 is 1.14 bits per heavy atom. The molecule has 0 atom stereocenters. The zero-order valence-corrected chi connectivity index (χ0v) is 14.7. The molecule has 0 saturated heterocycles. The molecular weight excluding hydrogens is 377 g/mol. The van der Waals surface area contributed by atoms with Crippen molar-refractivity contribution in [2.24, 2.45) is 0 Å². The van der Waals surface area contributed by atoms with Gasteiger partial charge in [-0.1, -0.05) is 11.6 Å². The van der Waals surface area contributed by atoms with Crippen LogP contribution in [0.3, 0.4) is 0 Å². The minimum Gasteiger partial charge on any atom is -0.341 e. The third kappa shape index (κ3) is 4.18. The van der Waals surface area contributed by atoms with Gasteiger partial charge in [0.2, 0.25) is 17.2 Å². The first-order chi connectivity index (χ1) is 10.0. The molecule has 1 N–H and O–H groups in total. The molecule has 0 saturated carbocycles. The van der Waals surface area contributed by atoms with Crippen LogP contribution < -0.4 is 10.2 Å². The lowest BCUT2D eigenvalue weighted by molar-refractivity contribution is 0.814. The fourth-order valence-corrected chi connectivity index (χ4v) is 2.69. The molecule has 0 aliphatic heterocycles. The number of rotatable bonds is 5. The first-order valence-corrected chi connectivity index (χ1v) is 7.97.